The van der Waals surface area contributed by atoms with Gasteiger partial charge in [0.25, 0.3) is 0 Å². The average molecular weight is 302 g/mol. The van der Waals surface area contributed by atoms with E-state index in [0.29, 0.717) is 0 Å². The van der Waals surface area contributed by atoms with Crippen molar-refractivity contribution in [3.63, 3.8) is 0 Å². The topological polar surface area (TPSA) is 77.8 Å². The molecule has 0 aliphatic heterocycles. The van der Waals surface area contributed by atoms with E-state index in [1.165, 1.54) is 0 Å². The van der Waals surface area contributed by atoms with Gasteiger partial charge >= 0.3 is 7.82 Å². The van der Waals surface area contributed by atoms with Crippen molar-refractivity contribution in [3.05, 3.63) is 0 Å². The molecular formula is H21O4P7. The van der Waals surface area contributed by atoms with E-state index >= 15 is 0 Å². The second-order valence-electron chi connectivity index (χ2n) is 0.513. The van der Waals surface area contributed by atoms with Gasteiger partial charge in [-0.3, -0.25) is 0 Å². The highest BCUT2D eigenvalue weighted by Crippen LogP contribution is 2.25. The average Bonchev–Trinajstić information content (AvgIpc) is 0.722. The minimum absolute atomic E-state index is 0. The van der Waals surface area contributed by atoms with E-state index in [4.69, 9.17) is 19.2 Å². The summed E-state index contributed by atoms with van der Waals surface area (Å²) < 4.78 is 8.88. The van der Waals surface area contributed by atoms with Gasteiger partial charge in [-0.1, -0.05) is 0 Å². The summed E-state index contributed by atoms with van der Waals surface area (Å²) in [5.74, 6) is 0. The highest BCUT2D eigenvalue weighted by Gasteiger charge is 2.00. The summed E-state index contributed by atoms with van der Waals surface area (Å²) >= 11 is 0. The van der Waals surface area contributed by atoms with Crippen LogP contribution in [0.3, 0.4) is 0 Å². The van der Waals surface area contributed by atoms with Gasteiger partial charge < -0.3 is 14.7 Å². The lowest BCUT2D eigenvalue weighted by Crippen LogP contribution is -1.66. The van der Waals surface area contributed by atoms with Crippen LogP contribution in [0.5, 0.6) is 0 Å². The standard InChI is InChI=1S/H3O4P.6H3P/c1-5(2,3)4;;;;;;/h(H3,1,2,3,4);6*1H3. The lowest BCUT2D eigenvalue weighted by atomic mass is 15.8. The third-order valence-corrected chi connectivity index (χ3v) is 0. The Balaban J connectivity index is -0.00000000533. The van der Waals surface area contributed by atoms with Crippen LogP contribution in [-0.2, 0) is 4.57 Å². The molecule has 11 heavy (non-hydrogen) atoms. The van der Waals surface area contributed by atoms with Crippen LogP contribution in [0.15, 0.2) is 0 Å². The number of hydrogen-bond donors (Lipinski definition) is 3. The van der Waals surface area contributed by atoms with Crippen LogP contribution in [0.1, 0.15) is 0 Å². The molecule has 0 spiro atoms. The van der Waals surface area contributed by atoms with Crippen LogP contribution in [0.2, 0.25) is 0 Å². The van der Waals surface area contributed by atoms with Crippen LogP contribution in [-0.4, -0.2) is 14.7 Å². The monoisotopic (exact) mass is 302 g/mol. The molecule has 6 unspecified atom stereocenters. The zero-order chi connectivity index (χ0) is 4.50. The van der Waals surface area contributed by atoms with Crippen molar-refractivity contribution in [1.29, 1.82) is 0 Å². The Bertz CT molecular complexity index is 56.6. The fourth-order valence-electron chi connectivity index (χ4n) is 0. The Morgan fingerprint density at radius 1 is 0.636 bits per heavy atom. The largest absolute Gasteiger partial charge is 0.466 e. The van der Waals surface area contributed by atoms with Gasteiger partial charge in [0.1, 0.15) is 0 Å². The summed E-state index contributed by atoms with van der Waals surface area (Å²) in [6.07, 6.45) is 0. The van der Waals surface area contributed by atoms with Crippen molar-refractivity contribution < 1.29 is 19.2 Å². The number of phosphoric acid groups is 1. The third kappa shape index (κ3) is 200. The van der Waals surface area contributed by atoms with Gasteiger partial charge in [-0.15, -0.1) is 0 Å². The van der Waals surface area contributed by atoms with Gasteiger partial charge in [-0.2, -0.15) is 59.4 Å². The minimum Gasteiger partial charge on any atom is -0.303 e. The molecule has 0 rings (SSSR count). The van der Waals surface area contributed by atoms with Crippen LogP contribution >= 0.6 is 67.2 Å². The van der Waals surface area contributed by atoms with Crippen molar-refractivity contribution in [2.24, 2.45) is 0 Å². The second kappa shape index (κ2) is 23.0. The molecule has 0 fully saturated rings. The SMILES string of the molecule is O=P(O)(O)O.P.P.P.P.P.P. The Morgan fingerprint density at radius 3 is 0.636 bits per heavy atom. The van der Waals surface area contributed by atoms with Crippen molar-refractivity contribution in [2.45, 2.75) is 0 Å². The van der Waals surface area contributed by atoms with Gasteiger partial charge in [0.05, 0.1) is 0 Å². The first-order chi connectivity index (χ1) is 2.00. The van der Waals surface area contributed by atoms with Gasteiger partial charge in [0.15, 0.2) is 0 Å². The van der Waals surface area contributed by atoms with E-state index in [2.05, 4.69) is 0 Å². The van der Waals surface area contributed by atoms with E-state index in [1.54, 1.807) is 0 Å². The highest BCUT2D eigenvalue weighted by molar-refractivity contribution is 7.45. The predicted molar refractivity (Wildman–Crippen MR) is 80.9 cm³/mol. The van der Waals surface area contributed by atoms with Crippen molar-refractivity contribution in [2.75, 3.05) is 0 Å². The molecule has 0 aliphatic carbocycles. The van der Waals surface area contributed by atoms with E-state index in [9.17, 15) is 0 Å². The molecule has 4 nitrogen and oxygen atoms in total. The van der Waals surface area contributed by atoms with E-state index in [-0.39, 0.29) is 59.4 Å². The molecule has 11 heteroatoms. The maximum Gasteiger partial charge on any atom is 0.466 e. The van der Waals surface area contributed by atoms with Crippen molar-refractivity contribution in [1.82, 2.24) is 0 Å². The second-order valence-corrected chi connectivity index (χ2v) is 1.54. The third-order valence-electron chi connectivity index (χ3n) is 0. The summed E-state index contributed by atoms with van der Waals surface area (Å²) in [4.78, 5) is 21.6. The molecule has 0 saturated carbocycles. The minimum atomic E-state index is -4.64. The fraction of sp³-hybridized carbons (Fsp3) is 0. The van der Waals surface area contributed by atoms with Crippen molar-refractivity contribution >= 4 is 67.2 Å². The molecular weight excluding hydrogens is 281 g/mol. The molecule has 80 valence electrons. The molecule has 0 bridgehead atoms. The van der Waals surface area contributed by atoms with Crippen LogP contribution in [0.25, 0.3) is 0 Å². The first-order valence-corrected chi connectivity index (χ1v) is 2.35. The van der Waals surface area contributed by atoms with Gasteiger partial charge in [-0.25, -0.2) is 4.57 Å². The van der Waals surface area contributed by atoms with E-state index in [1.807, 2.05) is 0 Å². The van der Waals surface area contributed by atoms with Gasteiger partial charge in [0.2, 0.25) is 0 Å². The highest BCUT2D eigenvalue weighted by atomic mass is 31.2. The van der Waals surface area contributed by atoms with Gasteiger partial charge in [-0.05, 0) is 0 Å². The summed E-state index contributed by atoms with van der Waals surface area (Å²) in [7, 11) is -4.64. The van der Waals surface area contributed by atoms with Crippen LogP contribution in [0, 0.1) is 0 Å². The zero-order valence-electron chi connectivity index (χ0n) is 6.44. The molecule has 0 aliphatic rings. The Labute approximate surface area is 86.8 Å². The molecule has 6 atom stereocenters. The number of hydrogen-bond acceptors (Lipinski definition) is 1. The predicted octanol–water partition coefficient (Wildman–Crippen LogP) is -0.580. The van der Waals surface area contributed by atoms with E-state index < -0.39 is 7.82 Å². The zero-order valence-corrected chi connectivity index (χ0v) is 15.8. The quantitative estimate of drug-likeness (QED) is 0.523. The summed E-state index contributed by atoms with van der Waals surface area (Å²) in [5, 5.41) is 0. The lowest BCUT2D eigenvalue weighted by molar-refractivity contribution is 0.275. The molecule has 0 radical (unpaired) electrons. The van der Waals surface area contributed by atoms with Crippen molar-refractivity contribution in [3.8, 4) is 0 Å². The smallest absolute Gasteiger partial charge is 0.303 e. The molecule has 0 aromatic carbocycles. The Morgan fingerprint density at radius 2 is 0.636 bits per heavy atom. The molecule has 0 aromatic heterocycles. The summed E-state index contributed by atoms with van der Waals surface area (Å²) in [5.41, 5.74) is 0. The fourth-order valence-corrected chi connectivity index (χ4v) is 0. The first-order valence-electron chi connectivity index (χ1n) is 0.783. The van der Waals surface area contributed by atoms with Gasteiger partial charge in [0, 0.05) is 0 Å². The van der Waals surface area contributed by atoms with Crippen LogP contribution in [0.4, 0.5) is 0 Å². The Kier molecular flexibility index (Phi) is 103. The normalized spacial score (nSPS) is 5.36. The molecule has 0 saturated heterocycles. The molecule has 0 amide bonds. The van der Waals surface area contributed by atoms with Crippen LogP contribution < -0.4 is 0 Å². The summed E-state index contributed by atoms with van der Waals surface area (Å²) in [6, 6.07) is 0. The first kappa shape index (κ1) is 49.3. The maximum absolute atomic E-state index is 8.88. The number of rotatable bonds is 0. The molecule has 3 N–H and O–H groups in total. The Hall–Kier alpha value is 2.69. The lowest BCUT2D eigenvalue weighted by Gasteiger charge is -1.82. The summed E-state index contributed by atoms with van der Waals surface area (Å²) in [6.45, 7) is 0. The maximum atomic E-state index is 8.88. The molecule has 0 heterocycles. The van der Waals surface area contributed by atoms with E-state index in [0.717, 1.165) is 0 Å². The molecule has 0 aromatic rings.